The van der Waals surface area contributed by atoms with Crippen LogP contribution in [0.15, 0.2) is 12.1 Å². The molecule has 17 heavy (non-hydrogen) atoms. The second-order valence-electron chi connectivity index (χ2n) is 4.88. The highest BCUT2D eigenvalue weighted by molar-refractivity contribution is 5.96. The minimum atomic E-state index is -0.371. The van der Waals surface area contributed by atoms with Crippen LogP contribution in [0.4, 0.5) is 0 Å². The van der Waals surface area contributed by atoms with Gasteiger partial charge in [-0.25, -0.2) is 0 Å². The molecule has 92 valence electrons. The molecule has 0 bridgehead atoms. The van der Waals surface area contributed by atoms with E-state index in [1.807, 2.05) is 26.0 Å². The number of rotatable bonds is 5. The van der Waals surface area contributed by atoms with Crippen LogP contribution in [0.2, 0.25) is 0 Å². The zero-order valence-corrected chi connectivity index (χ0v) is 10.5. The molecule has 1 aliphatic carbocycles. The number of primary amides is 1. The lowest BCUT2D eigenvalue weighted by atomic mass is 10.0. The van der Waals surface area contributed by atoms with Gasteiger partial charge in [-0.1, -0.05) is 12.8 Å². The van der Waals surface area contributed by atoms with E-state index in [2.05, 4.69) is 0 Å². The normalized spacial score (nSPS) is 14.7. The van der Waals surface area contributed by atoms with Crippen molar-refractivity contribution in [2.75, 3.05) is 6.61 Å². The fraction of sp³-hybridized carbons (Fsp3) is 0.500. The van der Waals surface area contributed by atoms with Crippen molar-refractivity contribution in [3.05, 3.63) is 28.8 Å². The zero-order chi connectivity index (χ0) is 12.4. The Morgan fingerprint density at radius 3 is 2.41 bits per heavy atom. The molecule has 0 heterocycles. The molecule has 0 aromatic heterocycles. The van der Waals surface area contributed by atoms with Crippen LogP contribution in [0, 0.1) is 19.8 Å². The number of amides is 1. The van der Waals surface area contributed by atoms with Gasteiger partial charge in [0.1, 0.15) is 5.75 Å². The molecule has 0 saturated heterocycles. The Labute approximate surface area is 102 Å². The first kappa shape index (κ1) is 12.0. The summed E-state index contributed by atoms with van der Waals surface area (Å²) in [5.74, 6) is 1.34. The van der Waals surface area contributed by atoms with E-state index in [0.29, 0.717) is 5.56 Å². The second-order valence-corrected chi connectivity index (χ2v) is 4.88. The predicted octanol–water partition coefficient (Wildman–Crippen LogP) is 2.58. The Morgan fingerprint density at radius 2 is 1.94 bits per heavy atom. The summed E-state index contributed by atoms with van der Waals surface area (Å²) in [4.78, 5) is 11.2. The van der Waals surface area contributed by atoms with Crippen molar-refractivity contribution >= 4 is 5.91 Å². The van der Waals surface area contributed by atoms with E-state index >= 15 is 0 Å². The van der Waals surface area contributed by atoms with Crippen molar-refractivity contribution in [2.24, 2.45) is 11.7 Å². The zero-order valence-electron chi connectivity index (χ0n) is 10.5. The van der Waals surface area contributed by atoms with Gasteiger partial charge in [-0.15, -0.1) is 0 Å². The van der Waals surface area contributed by atoms with Gasteiger partial charge in [-0.05, 0) is 49.4 Å². The standard InChI is InChI=1S/C14H19NO2/c1-9-7-12(17-6-5-11-3-4-11)8-10(2)13(9)14(15)16/h7-8,11H,3-6H2,1-2H3,(H2,15,16). The predicted molar refractivity (Wildman–Crippen MR) is 67.3 cm³/mol. The maximum absolute atomic E-state index is 11.2. The van der Waals surface area contributed by atoms with Crippen LogP contribution in [0.3, 0.4) is 0 Å². The third-order valence-electron chi connectivity index (χ3n) is 3.24. The molecule has 1 fully saturated rings. The summed E-state index contributed by atoms with van der Waals surface area (Å²) in [6.07, 6.45) is 3.83. The molecular weight excluding hydrogens is 214 g/mol. The fourth-order valence-electron chi connectivity index (χ4n) is 2.15. The number of hydrogen-bond donors (Lipinski definition) is 1. The van der Waals surface area contributed by atoms with Crippen LogP contribution in [0.25, 0.3) is 0 Å². The maximum atomic E-state index is 11.2. The summed E-state index contributed by atoms with van der Waals surface area (Å²) in [5.41, 5.74) is 7.72. The highest BCUT2D eigenvalue weighted by Gasteiger charge is 2.20. The Kier molecular flexibility index (Phi) is 3.36. The highest BCUT2D eigenvalue weighted by Crippen LogP contribution is 2.32. The lowest BCUT2D eigenvalue weighted by Crippen LogP contribution is -2.14. The van der Waals surface area contributed by atoms with Crippen LogP contribution in [-0.2, 0) is 0 Å². The molecule has 2 rings (SSSR count). The third-order valence-corrected chi connectivity index (χ3v) is 3.24. The number of benzene rings is 1. The van der Waals surface area contributed by atoms with Crippen molar-refractivity contribution in [2.45, 2.75) is 33.1 Å². The monoisotopic (exact) mass is 233 g/mol. The van der Waals surface area contributed by atoms with E-state index in [0.717, 1.165) is 35.8 Å². The molecular formula is C14H19NO2. The molecule has 1 aliphatic rings. The highest BCUT2D eigenvalue weighted by atomic mass is 16.5. The number of ether oxygens (including phenoxy) is 1. The van der Waals surface area contributed by atoms with Gasteiger partial charge >= 0.3 is 0 Å². The second kappa shape index (κ2) is 4.78. The van der Waals surface area contributed by atoms with E-state index in [1.165, 1.54) is 12.8 Å². The minimum Gasteiger partial charge on any atom is -0.494 e. The van der Waals surface area contributed by atoms with Crippen molar-refractivity contribution in [1.82, 2.24) is 0 Å². The average molecular weight is 233 g/mol. The fourth-order valence-corrected chi connectivity index (χ4v) is 2.15. The van der Waals surface area contributed by atoms with E-state index in [-0.39, 0.29) is 5.91 Å². The minimum absolute atomic E-state index is 0.371. The van der Waals surface area contributed by atoms with Gasteiger partial charge in [0.05, 0.1) is 6.61 Å². The molecule has 3 heteroatoms. The summed E-state index contributed by atoms with van der Waals surface area (Å²) >= 11 is 0. The Morgan fingerprint density at radius 1 is 1.35 bits per heavy atom. The molecule has 0 atom stereocenters. The largest absolute Gasteiger partial charge is 0.494 e. The Balaban J connectivity index is 2.05. The molecule has 1 amide bonds. The first-order chi connectivity index (χ1) is 8.08. The first-order valence-corrected chi connectivity index (χ1v) is 6.12. The van der Waals surface area contributed by atoms with E-state index < -0.39 is 0 Å². The van der Waals surface area contributed by atoms with Crippen LogP contribution in [0.5, 0.6) is 5.75 Å². The molecule has 1 aromatic carbocycles. The Hall–Kier alpha value is -1.51. The summed E-state index contributed by atoms with van der Waals surface area (Å²) in [5, 5.41) is 0. The van der Waals surface area contributed by atoms with Gasteiger partial charge in [0.15, 0.2) is 0 Å². The molecule has 2 N–H and O–H groups in total. The van der Waals surface area contributed by atoms with Crippen LogP contribution in [-0.4, -0.2) is 12.5 Å². The third kappa shape index (κ3) is 2.99. The number of hydrogen-bond acceptors (Lipinski definition) is 2. The summed E-state index contributed by atoms with van der Waals surface area (Å²) in [6.45, 7) is 4.54. The molecule has 0 unspecified atom stereocenters. The van der Waals surface area contributed by atoms with Gasteiger partial charge in [-0.2, -0.15) is 0 Å². The first-order valence-electron chi connectivity index (χ1n) is 6.12. The van der Waals surface area contributed by atoms with Gasteiger partial charge < -0.3 is 10.5 Å². The van der Waals surface area contributed by atoms with Crippen molar-refractivity contribution in [3.8, 4) is 5.75 Å². The number of aryl methyl sites for hydroxylation is 2. The van der Waals surface area contributed by atoms with Gasteiger partial charge in [0, 0.05) is 5.56 Å². The van der Waals surface area contributed by atoms with Crippen LogP contribution < -0.4 is 10.5 Å². The average Bonchev–Trinajstić information content (AvgIpc) is 2.99. The molecule has 0 radical (unpaired) electrons. The van der Waals surface area contributed by atoms with Gasteiger partial charge in [0.2, 0.25) is 5.91 Å². The molecule has 3 nitrogen and oxygen atoms in total. The van der Waals surface area contributed by atoms with E-state index in [1.54, 1.807) is 0 Å². The lowest BCUT2D eigenvalue weighted by molar-refractivity contribution is 0.0999. The van der Waals surface area contributed by atoms with E-state index in [4.69, 9.17) is 10.5 Å². The smallest absolute Gasteiger partial charge is 0.249 e. The summed E-state index contributed by atoms with van der Waals surface area (Å²) in [7, 11) is 0. The summed E-state index contributed by atoms with van der Waals surface area (Å²) in [6, 6.07) is 3.78. The number of nitrogens with two attached hydrogens (primary N) is 1. The van der Waals surface area contributed by atoms with Crippen molar-refractivity contribution in [3.63, 3.8) is 0 Å². The quantitative estimate of drug-likeness (QED) is 0.849. The molecule has 1 aromatic rings. The SMILES string of the molecule is Cc1cc(OCCC2CC2)cc(C)c1C(N)=O. The van der Waals surface area contributed by atoms with Crippen molar-refractivity contribution < 1.29 is 9.53 Å². The summed E-state index contributed by atoms with van der Waals surface area (Å²) < 4.78 is 5.70. The van der Waals surface area contributed by atoms with Gasteiger partial charge in [0.25, 0.3) is 0 Å². The molecule has 0 aliphatic heterocycles. The number of carbonyl (C=O) groups is 1. The lowest BCUT2D eigenvalue weighted by Gasteiger charge is -2.11. The molecule has 0 spiro atoms. The Bertz CT molecular complexity index is 413. The van der Waals surface area contributed by atoms with E-state index in [9.17, 15) is 4.79 Å². The van der Waals surface area contributed by atoms with Crippen molar-refractivity contribution in [1.29, 1.82) is 0 Å². The topological polar surface area (TPSA) is 52.3 Å². The maximum Gasteiger partial charge on any atom is 0.249 e. The van der Waals surface area contributed by atoms with Crippen LogP contribution >= 0.6 is 0 Å². The van der Waals surface area contributed by atoms with Gasteiger partial charge in [-0.3, -0.25) is 4.79 Å². The number of carbonyl (C=O) groups excluding carboxylic acids is 1. The van der Waals surface area contributed by atoms with Crippen LogP contribution in [0.1, 0.15) is 40.7 Å². The molecule has 1 saturated carbocycles.